The fraction of sp³-hybridized carbons (Fsp3) is 0.529. The summed E-state index contributed by atoms with van der Waals surface area (Å²) in [5, 5.41) is 8.87. The number of benzene rings is 1. The lowest BCUT2D eigenvalue weighted by molar-refractivity contribution is -0.145. The first-order chi connectivity index (χ1) is 11.1. The number of rotatable bonds is 8. The average molecular weight is 321 g/mol. The van der Waals surface area contributed by atoms with Gasteiger partial charge in [-0.15, -0.1) is 0 Å². The molecule has 6 heteroatoms. The molecule has 1 aliphatic rings. The molecule has 0 fully saturated rings. The molecule has 0 bridgehead atoms. The molecule has 0 saturated heterocycles. The number of ether oxygens (including phenoxy) is 2. The maximum Gasteiger partial charge on any atom is 0.323 e. The summed E-state index contributed by atoms with van der Waals surface area (Å²) in [6.07, 6.45) is 4.53. The van der Waals surface area contributed by atoms with E-state index in [0.29, 0.717) is 5.75 Å². The Bertz CT molecular complexity index is 558. The largest absolute Gasteiger partial charge is 0.484 e. The van der Waals surface area contributed by atoms with E-state index in [1.807, 2.05) is 18.2 Å². The molecule has 0 atom stereocenters. The molecule has 0 radical (unpaired) electrons. The summed E-state index contributed by atoms with van der Waals surface area (Å²) in [4.78, 5) is 24.2. The minimum Gasteiger partial charge on any atom is -0.484 e. The highest BCUT2D eigenvalue weighted by atomic mass is 16.5. The standard InChI is InChI=1S/C17H23NO5/c1-22-9-8-18(11-17(20)21)16(19)12-23-15-7-6-13-4-2-3-5-14(13)10-15/h6-7,10H,2-5,8-9,11-12H2,1H3,(H,20,21). The zero-order chi connectivity index (χ0) is 16.7. The van der Waals surface area contributed by atoms with Crippen molar-refractivity contribution in [3.8, 4) is 5.75 Å². The maximum atomic E-state index is 12.1. The Morgan fingerprint density at radius 2 is 1.96 bits per heavy atom. The van der Waals surface area contributed by atoms with Crippen molar-refractivity contribution in [3.05, 3.63) is 29.3 Å². The lowest BCUT2D eigenvalue weighted by atomic mass is 9.92. The number of hydrogen-bond acceptors (Lipinski definition) is 4. The van der Waals surface area contributed by atoms with Gasteiger partial charge in [0.1, 0.15) is 12.3 Å². The molecule has 0 spiro atoms. The number of carboxylic acids is 1. The van der Waals surface area contributed by atoms with Crippen LogP contribution in [0.1, 0.15) is 24.0 Å². The van der Waals surface area contributed by atoms with E-state index in [2.05, 4.69) is 0 Å². The first kappa shape index (κ1) is 17.3. The van der Waals surface area contributed by atoms with E-state index in [1.165, 1.54) is 36.0 Å². The zero-order valence-corrected chi connectivity index (χ0v) is 13.4. The first-order valence-corrected chi connectivity index (χ1v) is 7.83. The minimum atomic E-state index is -1.05. The molecule has 2 rings (SSSR count). The summed E-state index contributed by atoms with van der Waals surface area (Å²) in [5.41, 5.74) is 2.63. The second-order valence-corrected chi connectivity index (χ2v) is 5.63. The highest BCUT2D eigenvalue weighted by Gasteiger charge is 2.17. The van der Waals surface area contributed by atoms with Crippen LogP contribution in [0, 0.1) is 0 Å². The molecule has 1 aromatic carbocycles. The molecule has 0 aliphatic heterocycles. The molecule has 1 amide bonds. The maximum absolute atomic E-state index is 12.1. The molecule has 0 saturated carbocycles. The third-order valence-electron chi connectivity index (χ3n) is 3.93. The molecule has 126 valence electrons. The zero-order valence-electron chi connectivity index (χ0n) is 13.4. The second kappa shape index (κ2) is 8.53. The van der Waals surface area contributed by atoms with E-state index in [4.69, 9.17) is 14.6 Å². The van der Waals surface area contributed by atoms with Gasteiger partial charge in [0.15, 0.2) is 6.61 Å². The van der Waals surface area contributed by atoms with Gasteiger partial charge in [-0.25, -0.2) is 0 Å². The van der Waals surface area contributed by atoms with Crippen molar-refractivity contribution < 1.29 is 24.2 Å². The SMILES string of the molecule is COCCN(CC(=O)O)C(=O)COc1ccc2c(c1)CCCC2. The van der Waals surface area contributed by atoms with Crippen molar-refractivity contribution in [2.45, 2.75) is 25.7 Å². The number of carbonyl (C=O) groups is 2. The van der Waals surface area contributed by atoms with Crippen molar-refractivity contribution in [2.75, 3.05) is 33.4 Å². The highest BCUT2D eigenvalue weighted by Crippen LogP contribution is 2.25. The molecular formula is C17H23NO5. The van der Waals surface area contributed by atoms with Gasteiger partial charge in [0.05, 0.1) is 6.61 Å². The van der Waals surface area contributed by atoms with Gasteiger partial charge in [-0.2, -0.15) is 0 Å². The van der Waals surface area contributed by atoms with Crippen molar-refractivity contribution in [1.29, 1.82) is 0 Å². The number of nitrogens with zero attached hydrogens (tertiary/aromatic N) is 1. The highest BCUT2D eigenvalue weighted by molar-refractivity contribution is 5.82. The number of aliphatic carboxylic acids is 1. The molecule has 0 aromatic heterocycles. The summed E-state index contributed by atoms with van der Waals surface area (Å²) in [7, 11) is 1.51. The molecule has 23 heavy (non-hydrogen) atoms. The van der Waals surface area contributed by atoms with Gasteiger partial charge in [0.25, 0.3) is 5.91 Å². The van der Waals surface area contributed by atoms with Crippen molar-refractivity contribution in [2.24, 2.45) is 0 Å². The van der Waals surface area contributed by atoms with Crippen LogP contribution in [0.4, 0.5) is 0 Å². The predicted molar refractivity (Wildman–Crippen MR) is 84.7 cm³/mol. The van der Waals surface area contributed by atoms with Crippen LogP contribution in [-0.2, 0) is 27.2 Å². The van der Waals surface area contributed by atoms with Crippen molar-refractivity contribution in [1.82, 2.24) is 4.90 Å². The third kappa shape index (κ3) is 5.25. The van der Waals surface area contributed by atoms with Gasteiger partial charge in [-0.1, -0.05) is 6.07 Å². The lowest BCUT2D eigenvalue weighted by Gasteiger charge is -2.21. The van der Waals surface area contributed by atoms with E-state index >= 15 is 0 Å². The van der Waals surface area contributed by atoms with E-state index in [9.17, 15) is 9.59 Å². The van der Waals surface area contributed by atoms with Crippen LogP contribution >= 0.6 is 0 Å². The average Bonchev–Trinajstić information content (AvgIpc) is 2.56. The molecule has 1 aromatic rings. The Morgan fingerprint density at radius 3 is 2.65 bits per heavy atom. The van der Waals surface area contributed by atoms with E-state index < -0.39 is 5.97 Å². The van der Waals surface area contributed by atoms with Gasteiger partial charge in [0.2, 0.25) is 0 Å². The quantitative estimate of drug-likeness (QED) is 0.785. The van der Waals surface area contributed by atoms with Crippen LogP contribution in [0.15, 0.2) is 18.2 Å². The number of carboxylic acid groups (broad SMARTS) is 1. The smallest absolute Gasteiger partial charge is 0.323 e. The Balaban J connectivity index is 1.92. The number of fused-ring (bicyclic) bond motifs is 1. The Morgan fingerprint density at radius 1 is 1.22 bits per heavy atom. The minimum absolute atomic E-state index is 0.171. The van der Waals surface area contributed by atoms with Gasteiger partial charge < -0.3 is 19.5 Å². The molecule has 0 heterocycles. The van der Waals surface area contributed by atoms with Crippen LogP contribution in [0.5, 0.6) is 5.75 Å². The normalized spacial score (nSPS) is 13.3. The monoisotopic (exact) mass is 321 g/mol. The summed E-state index contributed by atoms with van der Waals surface area (Å²) in [6.45, 7) is -0.00142. The number of carbonyl (C=O) groups excluding carboxylic acids is 1. The summed E-state index contributed by atoms with van der Waals surface area (Å²) >= 11 is 0. The van der Waals surface area contributed by atoms with E-state index in [1.54, 1.807) is 0 Å². The van der Waals surface area contributed by atoms with Crippen LogP contribution in [-0.4, -0.2) is 55.3 Å². The van der Waals surface area contributed by atoms with Gasteiger partial charge >= 0.3 is 5.97 Å². The van der Waals surface area contributed by atoms with Gasteiger partial charge in [-0.05, 0) is 48.9 Å². The Labute approximate surface area is 136 Å². The first-order valence-electron chi connectivity index (χ1n) is 7.83. The number of hydrogen-bond donors (Lipinski definition) is 1. The fourth-order valence-electron chi connectivity index (χ4n) is 2.69. The van der Waals surface area contributed by atoms with Crippen molar-refractivity contribution in [3.63, 3.8) is 0 Å². The molecule has 6 nitrogen and oxygen atoms in total. The lowest BCUT2D eigenvalue weighted by Crippen LogP contribution is -2.40. The number of amides is 1. The molecular weight excluding hydrogens is 298 g/mol. The molecule has 1 aliphatic carbocycles. The van der Waals surface area contributed by atoms with Crippen LogP contribution in [0.2, 0.25) is 0 Å². The summed E-state index contributed by atoms with van der Waals surface area (Å²) < 4.78 is 10.5. The second-order valence-electron chi connectivity index (χ2n) is 5.63. The topological polar surface area (TPSA) is 76.1 Å². The summed E-state index contributed by atoms with van der Waals surface area (Å²) in [6, 6.07) is 5.90. The Hall–Kier alpha value is -2.08. The van der Waals surface area contributed by atoms with Crippen LogP contribution in [0.3, 0.4) is 0 Å². The Kier molecular flexibility index (Phi) is 6.40. The summed E-state index contributed by atoms with van der Waals surface area (Å²) in [5.74, 6) is -0.758. The van der Waals surface area contributed by atoms with Gasteiger partial charge in [0, 0.05) is 13.7 Å². The van der Waals surface area contributed by atoms with Crippen molar-refractivity contribution >= 4 is 11.9 Å². The van der Waals surface area contributed by atoms with E-state index in [0.717, 1.165) is 12.8 Å². The number of methoxy groups -OCH3 is 1. The molecule has 1 N–H and O–H groups in total. The number of aryl methyl sites for hydroxylation is 2. The molecule has 0 unspecified atom stereocenters. The third-order valence-corrected chi connectivity index (χ3v) is 3.93. The van der Waals surface area contributed by atoms with Gasteiger partial charge in [-0.3, -0.25) is 9.59 Å². The van der Waals surface area contributed by atoms with Crippen LogP contribution in [0.25, 0.3) is 0 Å². The fourth-order valence-corrected chi connectivity index (χ4v) is 2.69. The van der Waals surface area contributed by atoms with Crippen LogP contribution < -0.4 is 4.74 Å². The predicted octanol–water partition coefficient (Wildman–Crippen LogP) is 1.50. The van der Waals surface area contributed by atoms with E-state index in [-0.39, 0.29) is 32.2 Å².